The fourth-order valence-corrected chi connectivity index (χ4v) is 2.76. The number of carboxylic acids is 1. The molecule has 0 bridgehead atoms. The lowest BCUT2D eigenvalue weighted by Gasteiger charge is -2.12. The van der Waals surface area contributed by atoms with E-state index in [4.69, 9.17) is 9.52 Å². The first kappa shape index (κ1) is 24.1. The van der Waals surface area contributed by atoms with Gasteiger partial charge in [-0.15, -0.1) is 6.58 Å². The van der Waals surface area contributed by atoms with Crippen LogP contribution in [0, 0.1) is 29.6 Å². The number of unbranched alkanes of at least 4 members (excludes halogenated alkanes) is 6. The zero-order valence-electron chi connectivity index (χ0n) is 17.2. The Bertz CT molecular complexity index is 743. The average molecular weight is 398 g/mol. The number of carboxylic acid groups (broad SMARTS) is 1. The minimum Gasteiger partial charge on any atom is -0.481 e. The summed E-state index contributed by atoms with van der Waals surface area (Å²) in [6, 6.07) is 2.93. The van der Waals surface area contributed by atoms with Crippen molar-refractivity contribution in [2.45, 2.75) is 70.8 Å². The molecule has 0 spiro atoms. The molecule has 156 valence electrons. The van der Waals surface area contributed by atoms with Crippen LogP contribution < -0.4 is 5.32 Å². The van der Waals surface area contributed by atoms with Crippen LogP contribution in [0.5, 0.6) is 0 Å². The van der Waals surface area contributed by atoms with Crippen molar-refractivity contribution in [1.29, 1.82) is 0 Å². The van der Waals surface area contributed by atoms with Gasteiger partial charge in [0.1, 0.15) is 0 Å². The molecule has 0 saturated heterocycles. The standard InChI is InChI=1S/C24H31NO4/c1-3-5-6-7-8-9-10-15-21(25-24(28)22-17-13-18-29-22)16-12-11-14-20(4-2)19-23(26)27/h4,13,17-18,20-21H,2-3,5-10,15,19H2,1H3,(H,25,28)(H,26,27)/t20-,21+/m0/s1. The topological polar surface area (TPSA) is 79.5 Å². The van der Waals surface area contributed by atoms with Crippen molar-refractivity contribution in [2.75, 3.05) is 0 Å². The Morgan fingerprint density at radius 3 is 2.48 bits per heavy atom. The molecular weight excluding hydrogens is 366 g/mol. The van der Waals surface area contributed by atoms with Gasteiger partial charge in [0.15, 0.2) is 5.76 Å². The maximum absolute atomic E-state index is 12.2. The summed E-state index contributed by atoms with van der Waals surface area (Å²) >= 11 is 0. The zero-order valence-corrected chi connectivity index (χ0v) is 17.2. The van der Waals surface area contributed by atoms with Crippen LogP contribution in [-0.4, -0.2) is 23.0 Å². The fourth-order valence-electron chi connectivity index (χ4n) is 2.76. The Hall–Kier alpha value is -2.92. The number of hydrogen-bond donors (Lipinski definition) is 2. The normalized spacial score (nSPS) is 11.9. The van der Waals surface area contributed by atoms with Crippen LogP contribution >= 0.6 is 0 Å². The van der Waals surface area contributed by atoms with E-state index in [1.54, 1.807) is 12.1 Å². The molecule has 0 aliphatic heterocycles. The van der Waals surface area contributed by atoms with Gasteiger partial charge in [-0.2, -0.15) is 0 Å². The minimum absolute atomic E-state index is 0.102. The summed E-state index contributed by atoms with van der Waals surface area (Å²) in [6.45, 7) is 5.79. The lowest BCUT2D eigenvalue weighted by atomic mass is 10.0. The summed E-state index contributed by atoms with van der Waals surface area (Å²) in [5.41, 5.74) is 0. The molecule has 29 heavy (non-hydrogen) atoms. The van der Waals surface area contributed by atoms with E-state index in [-0.39, 0.29) is 24.1 Å². The molecule has 2 atom stereocenters. The highest BCUT2D eigenvalue weighted by Crippen LogP contribution is 2.10. The Morgan fingerprint density at radius 2 is 1.86 bits per heavy atom. The van der Waals surface area contributed by atoms with E-state index in [1.807, 2.05) is 0 Å². The van der Waals surface area contributed by atoms with Gasteiger partial charge in [-0.05, 0) is 30.4 Å². The number of carbonyl (C=O) groups excluding carboxylic acids is 1. The molecular formula is C24H31NO4. The first-order valence-corrected chi connectivity index (χ1v) is 10.3. The SMILES string of the molecule is C=C[C@@H](C#CC#C[C@@H](CCCCCCCCC)NC(=O)c1ccco1)CC(=O)O. The van der Waals surface area contributed by atoms with E-state index in [2.05, 4.69) is 42.5 Å². The third kappa shape index (κ3) is 11.5. The predicted molar refractivity (Wildman–Crippen MR) is 114 cm³/mol. The predicted octanol–water partition coefficient (Wildman–Crippen LogP) is 4.80. The summed E-state index contributed by atoms with van der Waals surface area (Å²) in [5, 5.41) is 11.7. The molecule has 1 aromatic rings. The van der Waals surface area contributed by atoms with Crippen molar-refractivity contribution in [2.24, 2.45) is 5.92 Å². The number of furan rings is 1. The van der Waals surface area contributed by atoms with E-state index in [0.717, 1.165) is 19.3 Å². The van der Waals surface area contributed by atoms with Crippen LogP contribution in [0.3, 0.4) is 0 Å². The average Bonchev–Trinajstić information content (AvgIpc) is 3.23. The van der Waals surface area contributed by atoms with Crippen molar-refractivity contribution in [3.8, 4) is 23.7 Å². The van der Waals surface area contributed by atoms with Crippen molar-refractivity contribution >= 4 is 11.9 Å². The van der Waals surface area contributed by atoms with Crippen LogP contribution in [0.2, 0.25) is 0 Å². The van der Waals surface area contributed by atoms with Gasteiger partial charge in [0.05, 0.1) is 18.7 Å². The van der Waals surface area contributed by atoms with Crippen LogP contribution in [0.4, 0.5) is 0 Å². The highest BCUT2D eigenvalue weighted by atomic mass is 16.4. The Labute approximate surface area is 174 Å². The maximum Gasteiger partial charge on any atom is 0.304 e. The summed E-state index contributed by atoms with van der Waals surface area (Å²) < 4.78 is 5.13. The number of rotatable bonds is 13. The second-order valence-electron chi connectivity index (χ2n) is 6.89. The summed E-state index contributed by atoms with van der Waals surface area (Å²) in [7, 11) is 0. The second-order valence-corrected chi connectivity index (χ2v) is 6.89. The molecule has 1 heterocycles. The molecule has 0 aliphatic rings. The molecule has 0 saturated carbocycles. The van der Waals surface area contributed by atoms with E-state index >= 15 is 0 Å². The number of aliphatic carboxylic acids is 1. The van der Waals surface area contributed by atoms with Gasteiger partial charge in [-0.3, -0.25) is 9.59 Å². The van der Waals surface area contributed by atoms with E-state index in [9.17, 15) is 9.59 Å². The molecule has 1 amide bonds. The minimum atomic E-state index is -0.931. The number of carbonyl (C=O) groups is 2. The Balaban J connectivity index is 2.62. The highest BCUT2D eigenvalue weighted by Gasteiger charge is 2.13. The molecule has 5 nitrogen and oxygen atoms in total. The van der Waals surface area contributed by atoms with Crippen molar-refractivity contribution in [1.82, 2.24) is 5.32 Å². The smallest absolute Gasteiger partial charge is 0.304 e. The number of allylic oxidation sites excluding steroid dienone is 1. The van der Waals surface area contributed by atoms with Crippen LogP contribution in [0.15, 0.2) is 35.5 Å². The molecule has 0 aliphatic carbocycles. The Morgan fingerprint density at radius 1 is 1.17 bits per heavy atom. The van der Waals surface area contributed by atoms with Gasteiger partial charge in [-0.1, -0.05) is 69.8 Å². The van der Waals surface area contributed by atoms with Gasteiger partial charge in [0, 0.05) is 5.92 Å². The lowest BCUT2D eigenvalue weighted by Crippen LogP contribution is -2.33. The van der Waals surface area contributed by atoms with E-state index in [1.165, 1.54) is 44.4 Å². The van der Waals surface area contributed by atoms with Gasteiger partial charge in [-0.25, -0.2) is 0 Å². The number of nitrogens with one attached hydrogen (secondary N) is 1. The molecule has 1 rings (SSSR count). The molecule has 5 heteroatoms. The van der Waals surface area contributed by atoms with Crippen molar-refractivity contribution < 1.29 is 19.1 Å². The summed E-state index contributed by atoms with van der Waals surface area (Å²) in [6.07, 6.45) is 11.8. The first-order chi connectivity index (χ1) is 14.1. The summed E-state index contributed by atoms with van der Waals surface area (Å²) in [4.78, 5) is 23.0. The zero-order chi connectivity index (χ0) is 21.3. The fraction of sp³-hybridized carbons (Fsp3) is 0.500. The summed E-state index contributed by atoms with van der Waals surface area (Å²) in [5.74, 6) is 9.75. The number of amides is 1. The third-order valence-electron chi connectivity index (χ3n) is 4.39. The third-order valence-corrected chi connectivity index (χ3v) is 4.39. The van der Waals surface area contributed by atoms with Crippen molar-refractivity contribution in [3.05, 3.63) is 36.8 Å². The first-order valence-electron chi connectivity index (χ1n) is 10.3. The van der Waals surface area contributed by atoms with Gasteiger partial charge < -0.3 is 14.8 Å². The quantitative estimate of drug-likeness (QED) is 0.285. The van der Waals surface area contributed by atoms with Gasteiger partial charge >= 0.3 is 5.97 Å². The monoisotopic (exact) mass is 397 g/mol. The van der Waals surface area contributed by atoms with Crippen LogP contribution in [-0.2, 0) is 4.79 Å². The second kappa shape index (κ2) is 15.1. The van der Waals surface area contributed by atoms with Crippen LogP contribution in [0.25, 0.3) is 0 Å². The maximum atomic E-state index is 12.2. The van der Waals surface area contributed by atoms with Gasteiger partial charge in [0.25, 0.3) is 5.91 Å². The molecule has 0 fully saturated rings. The largest absolute Gasteiger partial charge is 0.481 e. The van der Waals surface area contributed by atoms with Crippen LogP contribution in [0.1, 0.15) is 75.3 Å². The van der Waals surface area contributed by atoms with E-state index in [0.29, 0.717) is 0 Å². The van der Waals surface area contributed by atoms with Crippen molar-refractivity contribution in [3.63, 3.8) is 0 Å². The highest BCUT2D eigenvalue weighted by molar-refractivity contribution is 5.91. The lowest BCUT2D eigenvalue weighted by molar-refractivity contribution is -0.137. The molecule has 1 aromatic heterocycles. The molecule has 0 aromatic carbocycles. The molecule has 2 N–H and O–H groups in total. The molecule has 0 radical (unpaired) electrons. The van der Waals surface area contributed by atoms with E-state index < -0.39 is 11.9 Å². The Kier molecular flexibility index (Phi) is 12.5. The number of hydrogen-bond acceptors (Lipinski definition) is 3. The molecule has 0 unspecified atom stereocenters. The van der Waals surface area contributed by atoms with Gasteiger partial charge in [0.2, 0.25) is 0 Å².